The van der Waals surface area contributed by atoms with Crippen molar-refractivity contribution in [3.8, 4) is 11.5 Å². The number of nitrogens with zero attached hydrogens (tertiary/aromatic N) is 2. The zero-order valence-corrected chi connectivity index (χ0v) is 12.8. The van der Waals surface area contributed by atoms with Gasteiger partial charge < -0.3 is 9.84 Å². The number of nitrogens with one attached hydrogen (secondary N) is 1. The van der Waals surface area contributed by atoms with Gasteiger partial charge in [-0.3, -0.25) is 0 Å². The summed E-state index contributed by atoms with van der Waals surface area (Å²) in [5.41, 5.74) is 3.17. The van der Waals surface area contributed by atoms with Gasteiger partial charge in [0, 0.05) is 24.1 Å². The molecule has 112 valence electrons. The Kier molecular flexibility index (Phi) is 3.44. The Morgan fingerprint density at radius 2 is 2.19 bits per heavy atom. The van der Waals surface area contributed by atoms with Crippen molar-refractivity contribution in [2.75, 3.05) is 18.1 Å². The zero-order chi connectivity index (χ0) is 15.0. The summed E-state index contributed by atoms with van der Waals surface area (Å²) in [6.45, 7) is 2.55. The second kappa shape index (κ2) is 5.14. The number of sulfone groups is 1. The number of aromatic nitrogens is 2. The predicted molar refractivity (Wildman–Crippen MR) is 79.8 cm³/mol. The van der Waals surface area contributed by atoms with Crippen LogP contribution in [0.25, 0.3) is 11.5 Å². The zero-order valence-electron chi connectivity index (χ0n) is 12.0. The molecule has 1 aliphatic heterocycles. The third kappa shape index (κ3) is 2.78. The van der Waals surface area contributed by atoms with Crippen LogP contribution in [0, 0.1) is 0 Å². The number of aryl methyl sites for hydroxylation is 1. The summed E-state index contributed by atoms with van der Waals surface area (Å²) in [7, 11) is -3.23. The highest BCUT2D eigenvalue weighted by Crippen LogP contribution is 2.28. The van der Waals surface area contributed by atoms with E-state index in [1.807, 2.05) is 18.2 Å². The smallest absolute Gasteiger partial charge is 0.257 e. The molecular weight excluding hydrogens is 290 g/mol. The van der Waals surface area contributed by atoms with Crippen molar-refractivity contribution in [1.29, 1.82) is 0 Å². The molecule has 1 aliphatic rings. The summed E-state index contributed by atoms with van der Waals surface area (Å²) < 4.78 is 28.3. The van der Waals surface area contributed by atoms with Gasteiger partial charge >= 0.3 is 0 Å². The molecule has 7 heteroatoms. The first kappa shape index (κ1) is 14.1. The fourth-order valence-corrected chi connectivity index (χ4v) is 2.80. The second-order valence-electron chi connectivity index (χ2n) is 5.33. The van der Waals surface area contributed by atoms with Crippen LogP contribution in [0.15, 0.2) is 22.7 Å². The molecule has 3 rings (SSSR count). The number of hydrogen-bond acceptors (Lipinski definition) is 6. The molecule has 2 aromatic rings. The summed E-state index contributed by atoms with van der Waals surface area (Å²) in [6, 6.07) is 5.91. The Morgan fingerprint density at radius 3 is 2.95 bits per heavy atom. The van der Waals surface area contributed by atoms with E-state index in [0.29, 0.717) is 5.89 Å². The molecule has 2 heterocycles. The topological polar surface area (TPSA) is 85.1 Å². The van der Waals surface area contributed by atoms with Crippen LogP contribution in [0.4, 0.5) is 5.69 Å². The van der Waals surface area contributed by atoms with Gasteiger partial charge in [-0.15, -0.1) is 0 Å². The average molecular weight is 307 g/mol. The molecule has 21 heavy (non-hydrogen) atoms. The van der Waals surface area contributed by atoms with Crippen molar-refractivity contribution in [2.45, 2.75) is 25.0 Å². The van der Waals surface area contributed by atoms with E-state index in [2.05, 4.69) is 15.5 Å². The van der Waals surface area contributed by atoms with Crippen molar-refractivity contribution >= 4 is 15.5 Å². The summed E-state index contributed by atoms with van der Waals surface area (Å²) in [5.74, 6) is 0.553. The van der Waals surface area contributed by atoms with Crippen molar-refractivity contribution < 1.29 is 12.9 Å². The van der Waals surface area contributed by atoms with Gasteiger partial charge in [0.1, 0.15) is 5.25 Å². The van der Waals surface area contributed by atoms with E-state index < -0.39 is 15.1 Å². The van der Waals surface area contributed by atoms with E-state index in [1.165, 1.54) is 5.56 Å². The van der Waals surface area contributed by atoms with Gasteiger partial charge in [-0.1, -0.05) is 5.16 Å². The van der Waals surface area contributed by atoms with Gasteiger partial charge in [0.05, 0.1) is 0 Å². The van der Waals surface area contributed by atoms with Crippen molar-refractivity contribution in [3.05, 3.63) is 29.6 Å². The number of benzene rings is 1. The van der Waals surface area contributed by atoms with Crippen LogP contribution in [-0.4, -0.2) is 31.4 Å². The van der Waals surface area contributed by atoms with E-state index in [0.717, 1.165) is 36.9 Å². The molecule has 0 fully saturated rings. The summed E-state index contributed by atoms with van der Waals surface area (Å²) >= 11 is 0. The van der Waals surface area contributed by atoms with E-state index in [4.69, 9.17) is 4.52 Å². The van der Waals surface area contributed by atoms with Crippen LogP contribution in [0.3, 0.4) is 0 Å². The molecule has 1 aromatic carbocycles. The fourth-order valence-electron chi connectivity index (χ4n) is 2.32. The summed E-state index contributed by atoms with van der Waals surface area (Å²) in [6.07, 6.45) is 3.27. The molecule has 0 spiro atoms. The highest BCUT2D eigenvalue weighted by molar-refractivity contribution is 7.90. The van der Waals surface area contributed by atoms with E-state index in [1.54, 1.807) is 6.92 Å². The van der Waals surface area contributed by atoms with Gasteiger partial charge in [-0.25, -0.2) is 8.42 Å². The van der Waals surface area contributed by atoms with Crippen molar-refractivity contribution in [2.24, 2.45) is 0 Å². The maximum atomic E-state index is 11.5. The molecule has 0 bridgehead atoms. The molecule has 0 saturated heterocycles. The average Bonchev–Trinajstić information content (AvgIpc) is 2.94. The highest BCUT2D eigenvalue weighted by Gasteiger charge is 2.23. The molecule has 0 amide bonds. The monoisotopic (exact) mass is 307 g/mol. The van der Waals surface area contributed by atoms with Gasteiger partial charge in [0.25, 0.3) is 5.89 Å². The maximum Gasteiger partial charge on any atom is 0.257 e. The van der Waals surface area contributed by atoms with Crippen molar-refractivity contribution in [3.63, 3.8) is 0 Å². The van der Waals surface area contributed by atoms with Crippen LogP contribution in [0.1, 0.15) is 30.0 Å². The Morgan fingerprint density at radius 1 is 1.38 bits per heavy atom. The molecule has 1 N–H and O–H groups in total. The van der Waals surface area contributed by atoms with E-state index in [9.17, 15) is 8.42 Å². The minimum absolute atomic E-state index is 0.198. The summed E-state index contributed by atoms with van der Waals surface area (Å²) in [4.78, 5) is 4.22. The SMILES string of the molecule is CC(c1noc(-c2ccc3c(c2)CCCN3)n1)S(C)(=O)=O. The number of fused-ring (bicyclic) bond motifs is 1. The van der Waals surface area contributed by atoms with E-state index >= 15 is 0 Å². The molecule has 6 nitrogen and oxygen atoms in total. The van der Waals surface area contributed by atoms with Crippen LogP contribution in [-0.2, 0) is 16.3 Å². The Balaban J connectivity index is 1.93. The second-order valence-corrected chi connectivity index (χ2v) is 7.70. The first-order valence-electron chi connectivity index (χ1n) is 6.85. The standard InChI is InChI=1S/C14H17N3O3S/c1-9(21(2,18)19)13-16-14(20-17-13)11-5-6-12-10(8-11)4-3-7-15-12/h5-6,8-9,15H,3-4,7H2,1-2H3. The Labute approximate surface area is 123 Å². The van der Waals surface area contributed by atoms with Crippen molar-refractivity contribution in [1.82, 2.24) is 10.1 Å². The Hall–Kier alpha value is -1.89. The molecule has 1 atom stereocenters. The van der Waals surface area contributed by atoms with Crippen LogP contribution in [0.5, 0.6) is 0 Å². The number of hydrogen-bond donors (Lipinski definition) is 1. The van der Waals surface area contributed by atoms with Gasteiger partial charge in [0.2, 0.25) is 0 Å². The van der Waals surface area contributed by atoms with E-state index in [-0.39, 0.29) is 5.82 Å². The molecular formula is C14H17N3O3S. The quantitative estimate of drug-likeness (QED) is 0.935. The van der Waals surface area contributed by atoms with Gasteiger partial charge in [-0.05, 0) is 43.5 Å². The molecule has 0 saturated carbocycles. The molecule has 1 unspecified atom stereocenters. The van der Waals surface area contributed by atoms with Gasteiger partial charge in [-0.2, -0.15) is 4.98 Å². The molecule has 0 radical (unpaired) electrons. The van der Waals surface area contributed by atoms with Gasteiger partial charge in [0.15, 0.2) is 15.7 Å². The lowest BCUT2D eigenvalue weighted by Gasteiger charge is -2.17. The first-order chi connectivity index (χ1) is 9.95. The largest absolute Gasteiger partial charge is 0.385 e. The maximum absolute atomic E-state index is 11.5. The third-order valence-electron chi connectivity index (χ3n) is 3.74. The lowest BCUT2D eigenvalue weighted by Crippen LogP contribution is -2.11. The lowest BCUT2D eigenvalue weighted by atomic mass is 10.0. The number of rotatable bonds is 3. The molecule has 0 aliphatic carbocycles. The number of anilines is 1. The highest BCUT2D eigenvalue weighted by atomic mass is 32.2. The third-order valence-corrected chi connectivity index (χ3v) is 5.23. The minimum Gasteiger partial charge on any atom is -0.385 e. The first-order valence-corrected chi connectivity index (χ1v) is 8.80. The predicted octanol–water partition coefficient (Wildman–Crippen LogP) is 2.20. The lowest BCUT2D eigenvalue weighted by molar-refractivity contribution is 0.421. The van der Waals surface area contributed by atoms with Crippen LogP contribution >= 0.6 is 0 Å². The van der Waals surface area contributed by atoms with Crippen LogP contribution < -0.4 is 5.32 Å². The normalized spacial score (nSPS) is 16.1. The minimum atomic E-state index is -3.23. The summed E-state index contributed by atoms with van der Waals surface area (Å²) in [5, 5.41) is 6.36. The fraction of sp³-hybridized carbons (Fsp3) is 0.429. The van der Waals surface area contributed by atoms with Crippen LogP contribution in [0.2, 0.25) is 0 Å². The Bertz CT molecular complexity index is 768. The molecule has 1 aromatic heterocycles.